The van der Waals surface area contributed by atoms with Gasteiger partial charge in [0.25, 0.3) is 0 Å². The summed E-state index contributed by atoms with van der Waals surface area (Å²) in [7, 11) is -3.35. The van der Waals surface area contributed by atoms with Gasteiger partial charge in [-0.1, -0.05) is 37.2 Å². The Morgan fingerprint density at radius 3 is 2.67 bits per heavy atom. The van der Waals surface area contributed by atoms with Crippen molar-refractivity contribution in [3.8, 4) is 11.8 Å². The number of hydrogen-bond donors (Lipinski definition) is 2. The third-order valence-corrected chi connectivity index (χ3v) is 5.60. The molecular formula is C16H22N2O2S. The molecule has 21 heavy (non-hydrogen) atoms. The summed E-state index contributed by atoms with van der Waals surface area (Å²) in [6, 6.07) is 5.53. The second-order valence-electron chi connectivity index (χ2n) is 5.46. The summed E-state index contributed by atoms with van der Waals surface area (Å²) in [6.07, 6.45) is 4.58. The number of anilines is 1. The Morgan fingerprint density at radius 1 is 1.29 bits per heavy atom. The van der Waals surface area contributed by atoms with Gasteiger partial charge in [-0.15, -0.1) is 0 Å². The molecule has 0 bridgehead atoms. The maximum absolute atomic E-state index is 12.5. The molecule has 0 spiro atoms. The molecule has 0 radical (unpaired) electrons. The van der Waals surface area contributed by atoms with Gasteiger partial charge < -0.3 is 5.73 Å². The van der Waals surface area contributed by atoms with Crippen LogP contribution in [0.5, 0.6) is 0 Å². The van der Waals surface area contributed by atoms with E-state index in [0.717, 1.165) is 37.7 Å². The predicted octanol–water partition coefficient (Wildman–Crippen LogP) is 2.38. The molecule has 1 aliphatic carbocycles. The highest BCUT2D eigenvalue weighted by Crippen LogP contribution is 2.26. The molecule has 5 heteroatoms. The third kappa shape index (κ3) is 4.23. The standard InChI is InChI=1S/C16H22N2O2S/c1-13-9-10-16(14(12-13)6-5-11-17)18-21(19,20)15-7-3-2-4-8-15/h9-10,12,15,18H,2-4,7-8,11,17H2,1H3. The normalized spacial score (nSPS) is 16.1. The van der Waals surface area contributed by atoms with Crippen LogP contribution in [0.2, 0.25) is 0 Å². The Balaban J connectivity index is 2.25. The second-order valence-corrected chi connectivity index (χ2v) is 7.42. The lowest BCUT2D eigenvalue weighted by Gasteiger charge is -2.22. The molecule has 3 N–H and O–H groups in total. The highest BCUT2D eigenvalue weighted by molar-refractivity contribution is 7.93. The van der Waals surface area contributed by atoms with Crippen molar-refractivity contribution in [2.75, 3.05) is 11.3 Å². The van der Waals surface area contributed by atoms with Gasteiger partial charge in [-0.2, -0.15) is 0 Å². The van der Waals surface area contributed by atoms with Gasteiger partial charge in [0.15, 0.2) is 0 Å². The van der Waals surface area contributed by atoms with Crippen LogP contribution >= 0.6 is 0 Å². The van der Waals surface area contributed by atoms with E-state index in [1.54, 1.807) is 6.07 Å². The molecule has 0 amide bonds. The molecule has 1 aromatic carbocycles. The number of benzene rings is 1. The Bertz CT molecular complexity index is 651. The molecule has 1 aromatic rings. The van der Waals surface area contributed by atoms with Crippen LogP contribution in [0.3, 0.4) is 0 Å². The molecule has 2 rings (SSSR count). The van der Waals surface area contributed by atoms with Crippen LogP contribution in [-0.2, 0) is 10.0 Å². The van der Waals surface area contributed by atoms with Crippen molar-refractivity contribution in [1.29, 1.82) is 0 Å². The van der Waals surface area contributed by atoms with Gasteiger partial charge in [0.05, 0.1) is 17.5 Å². The fourth-order valence-corrected chi connectivity index (χ4v) is 4.21. The first-order valence-electron chi connectivity index (χ1n) is 7.34. The fourth-order valence-electron chi connectivity index (χ4n) is 2.61. The van der Waals surface area contributed by atoms with Gasteiger partial charge in [-0.25, -0.2) is 8.42 Å². The molecular weight excluding hydrogens is 284 g/mol. The fraction of sp³-hybridized carbons (Fsp3) is 0.500. The van der Waals surface area contributed by atoms with Crippen LogP contribution < -0.4 is 10.5 Å². The van der Waals surface area contributed by atoms with Gasteiger partial charge in [-0.3, -0.25) is 4.72 Å². The van der Waals surface area contributed by atoms with Gasteiger partial charge >= 0.3 is 0 Å². The minimum atomic E-state index is -3.35. The number of hydrogen-bond acceptors (Lipinski definition) is 3. The highest BCUT2D eigenvalue weighted by atomic mass is 32.2. The largest absolute Gasteiger partial charge is 0.320 e. The van der Waals surface area contributed by atoms with Crippen LogP contribution in [0.25, 0.3) is 0 Å². The topological polar surface area (TPSA) is 72.2 Å². The van der Waals surface area contributed by atoms with Crippen LogP contribution in [-0.4, -0.2) is 20.2 Å². The van der Waals surface area contributed by atoms with Crippen LogP contribution in [0, 0.1) is 18.8 Å². The van der Waals surface area contributed by atoms with Gasteiger partial charge in [0.2, 0.25) is 10.0 Å². The number of sulfonamides is 1. The average Bonchev–Trinajstić information content (AvgIpc) is 2.48. The first kappa shape index (κ1) is 15.9. The van der Waals surface area contributed by atoms with Crippen molar-refractivity contribution in [3.63, 3.8) is 0 Å². The average molecular weight is 306 g/mol. The van der Waals surface area contributed by atoms with Crippen LogP contribution in [0.4, 0.5) is 5.69 Å². The zero-order valence-electron chi connectivity index (χ0n) is 12.4. The Hall–Kier alpha value is -1.51. The molecule has 1 saturated carbocycles. The van der Waals surface area contributed by atoms with E-state index in [1.807, 2.05) is 19.1 Å². The van der Waals surface area contributed by atoms with Crippen molar-refractivity contribution in [2.45, 2.75) is 44.3 Å². The van der Waals surface area contributed by atoms with Crippen molar-refractivity contribution >= 4 is 15.7 Å². The van der Waals surface area contributed by atoms with Crippen LogP contribution in [0.15, 0.2) is 18.2 Å². The Morgan fingerprint density at radius 2 is 2.00 bits per heavy atom. The number of nitrogens with one attached hydrogen (secondary N) is 1. The number of aryl methyl sites for hydroxylation is 1. The maximum atomic E-state index is 12.5. The van der Waals surface area contributed by atoms with Crippen molar-refractivity contribution in [1.82, 2.24) is 0 Å². The third-order valence-electron chi connectivity index (χ3n) is 3.74. The molecule has 4 nitrogen and oxygen atoms in total. The molecule has 114 valence electrons. The minimum Gasteiger partial charge on any atom is -0.320 e. The first-order chi connectivity index (χ1) is 10.0. The highest BCUT2D eigenvalue weighted by Gasteiger charge is 2.27. The van der Waals surface area contributed by atoms with E-state index in [2.05, 4.69) is 16.6 Å². The molecule has 0 unspecified atom stereocenters. The summed E-state index contributed by atoms with van der Waals surface area (Å²) >= 11 is 0. The maximum Gasteiger partial charge on any atom is 0.235 e. The summed E-state index contributed by atoms with van der Waals surface area (Å²) < 4.78 is 27.7. The summed E-state index contributed by atoms with van der Waals surface area (Å²) in [5, 5.41) is -0.289. The lowest BCUT2D eigenvalue weighted by atomic mass is 10.0. The molecule has 0 saturated heterocycles. The second kappa shape index (κ2) is 6.97. The van der Waals surface area contributed by atoms with Gasteiger partial charge in [0.1, 0.15) is 0 Å². The van der Waals surface area contributed by atoms with Gasteiger partial charge in [0, 0.05) is 5.56 Å². The summed E-state index contributed by atoms with van der Waals surface area (Å²) in [6.45, 7) is 2.20. The van der Waals surface area contributed by atoms with Crippen LogP contribution in [0.1, 0.15) is 43.2 Å². The minimum absolute atomic E-state index is 0.253. The Labute approximate surface area is 127 Å². The zero-order valence-corrected chi connectivity index (χ0v) is 13.2. The lowest BCUT2D eigenvalue weighted by molar-refractivity contribution is 0.486. The number of rotatable bonds is 3. The van der Waals surface area contributed by atoms with E-state index in [-0.39, 0.29) is 11.8 Å². The predicted molar refractivity (Wildman–Crippen MR) is 86.5 cm³/mol. The van der Waals surface area contributed by atoms with E-state index in [0.29, 0.717) is 11.3 Å². The zero-order chi connectivity index (χ0) is 15.3. The van der Waals surface area contributed by atoms with E-state index in [9.17, 15) is 8.42 Å². The lowest BCUT2D eigenvalue weighted by Crippen LogP contribution is -2.30. The quantitative estimate of drug-likeness (QED) is 0.842. The molecule has 1 fully saturated rings. The van der Waals surface area contributed by atoms with E-state index in [1.165, 1.54) is 0 Å². The van der Waals surface area contributed by atoms with E-state index < -0.39 is 10.0 Å². The molecule has 0 heterocycles. The molecule has 1 aliphatic rings. The summed E-state index contributed by atoms with van der Waals surface area (Å²) in [5.74, 6) is 5.72. The van der Waals surface area contributed by atoms with Gasteiger partial charge in [-0.05, 0) is 37.5 Å². The first-order valence-corrected chi connectivity index (χ1v) is 8.89. The molecule has 0 aliphatic heterocycles. The summed E-state index contributed by atoms with van der Waals surface area (Å²) in [4.78, 5) is 0. The van der Waals surface area contributed by atoms with Crippen molar-refractivity contribution < 1.29 is 8.42 Å². The molecule has 0 aromatic heterocycles. The van der Waals surface area contributed by atoms with Crippen molar-refractivity contribution in [3.05, 3.63) is 29.3 Å². The number of nitrogens with two attached hydrogens (primary N) is 1. The van der Waals surface area contributed by atoms with Crippen molar-refractivity contribution in [2.24, 2.45) is 5.73 Å². The summed E-state index contributed by atoms with van der Waals surface area (Å²) in [5.41, 5.74) is 7.66. The molecule has 0 atom stereocenters. The SMILES string of the molecule is Cc1ccc(NS(=O)(=O)C2CCCCC2)c(C#CCN)c1. The monoisotopic (exact) mass is 306 g/mol. The van der Waals surface area contributed by atoms with E-state index in [4.69, 9.17) is 5.73 Å². The van der Waals surface area contributed by atoms with E-state index >= 15 is 0 Å². The smallest absolute Gasteiger partial charge is 0.235 e. The Kier molecular flexibility index (Phi) is 5.27.